The van der Waals surface area contributed by atoms with Crippen LogP contribution in [-0.4, -0.2) is 26.2 Å². The lowest BCUT2D eigenvalue weighted by molar-refractivity contribution is 0.102. The van der Waals surface area contributed by atoms with Crippen LogP contribution in [-0.2, 0) is 6.42 Å². The molecule has 0 aliphatic carbocycles. The fraction of sp³-hybridized carbons (Fsp3) is 0.188. The Balaban J connectivity index is 1.78. The van der Waals surface area contributed by atoms with Crippen LogP contribution in [0.15, 0.2) is 33.4 Å². The smallest absolute Gasteiger partial charge is 0.259 e. The molecule has 0 aliphatic rings. The fourth-order valence-corrected chi connectivity index (χ4v) is 3.11. The predicted molar refractivity (Wildman–Crippen MR) is 91.5 cm³/mol. The summed E-state index contributed by atoms with van der Waals surface area (Å²) in [5.74, 6) is 0.208. The first-order valence-corrected chi connectivity index (χ1v) is 8.42. The molecular weight excluding hydrogens is 342 g/mol. The van der Waals surface area contributed by atoms with E-state index < -0.39 is 0 Å². The maximum atomic E-state index is 12.8. The van der Waals surface area contributed by atoms with E-state index in [9.17, 15) is 4.79 Å². The second-order valence-electron chi connectivity index (χ2n) is 5.29. The molecule has 4 rings (SSSR count). The minimum absolute atomic E-state index is 0.281. The molecule has 0 aliphatic heterocycles. The maximum Gasteiger partial charge on any atom is 0.259 e. The van der Waals surface area contributed by atoms with Crippen molar-refractivity contribution in [2.24, 2.45) is 0 Å². The van der Waals surface area contributed by atoms with Gasteiger partial charge in [0, 0.05) is 0 Å². The van der Waals surface area contributed by atoms with Crippen molar-refractivity contribution in [2.45, 2.75) is 20.3 Å². The predicted octanol–water partition coefficient (Wildman–Crippen LogP) is 3.46. The maximum absolute atomic E-state index is 12.8. The van der Waals surface area contributed by atoms with Crippen LogP contribution >= 0.6 is 11.3 Å². The number of carbonyl (C=O) groups excluding carboxylic acids is 1. The van der Waals surface area contributed by atoms with Crippen LogP contribution in [0.4, 0.5) is 5.13 Å². The van der Waals surface area contributed by atoms with Crippen LogP contribution in [0.3, 0.4) is 0 Å². The molecule has 0 saturated carbocycles. The molecule has 0 aromatic carbocycles. The van der Waals surface area contributed by atoms with Crippen molar-refractivity contribution in [3.05, 3.63) is 40.7 Å². The molecule has 0 bridgehead atoms. The van der Waals surface area contributed by atoms with E-state index in [0.717, 1.165) is 11.4 Å². The van der Waals surface area contributed by atoms with Gasteiger partial charge in [-0.1, -0.05) is 23.4 Å². The van der Waals surface area contributed by atoms with E-state index >= 15 is 0 Å². The largest absolute Gasteiger partial charge is 0.463 e. The van der Waals surface area contributed by atoms with Crippen molar-refractivity contribution in [1.82, 2.24) is 20.3 Å². The minimum atomic E-state index is -0.328. The number of pyridine rings is 1. The van der Waals surface area contributed by atoms with E-state index in [1.54, 1.807) is 31.4 Å². The highest BCUT2D eigenvalue weighted by Gasteiger charge is 2.21. The zero-order chi connectivity index (χ0) is 17.4. The molecule has 0 saturated heterocycles. The second-order valence-corrected chi connectivity index (χ2v) is 6.35. The summed E-state index contributed by atoms with van der Waals surface area (Å²) in [6.07, 6.45) is 2.31. The lowest BCUT2D eigenvalue weighted by atomic mass is 10.1. The van der Waals surface area contributed by atoms with Gasteiger partial charge in [-0.05, 0) is 31.5 Å². The highest BCUT2D eigenvalue weighted by Crippen LogP contribution is 2.28. The van der Waals surface area contributed by atoms with Crippen LogP contribution in [0, 0.1) is 6.92 Å². The Morgan fingerprint density at radius 3 is 2.96 bits per heavy atom. The summed E-state index contributed by atoms with van der Waals surface area (Å²) in [6, 6.07) is 5.17. The summed E-state index contributed by atoms with van der Waals surface area (Å²) >= 11 is 1.34. The number of nitrogens with zero attached hydrogens (tertiary/aromatic N) is 4. The van der Waals surface area contributed by atoms with E-state index in [1.807, 2.05) is 6.92 Å². The second kappa shape index (κ2) is 6.10. The molecule has 8 nitrogen and oxygen atoms in total. The Hall–Kier alpha value is -3.07. The van der Waals surface area contributed by atoms with Gasteiger partial charge in [0.25, 0.3) is 11.6 Å². The molecule has 0 radical (unpaired) electrons. The molecule has 0 atom stereocenters. The van der Waals surface area contributed by atoms with Gasteiger partial charge >= 0.3 is 0 Å². The fourth-order valence-electron chi connectivity index (χ4n) is 2.44. The number of amides is 1. The van der Waals surface area contributed by atoms with Gasteiger partial charge < -0.3 is 8.94 Å². The van der Waals surface area contributed by atoms with E-state index in [2.05, 4.69) is 25.7 Å². The van der Waals surface area contributed by atoms with E-state index in [4.69, 9.17) is 8.94 Å². The van der Waals surface area contributed by atoms with Crippen LogP contribution in [0.25, 0.3) is 22.6 Å². The van der Waals surface area contributed by atoms with Crippen molar-refractivity contribution in [2.75, 3.05) is 5.32 Å². The summed E-state index contributed by atoms with van der Waals surface area (Å²) < 4.78 is 10.6. The van der Waals surface area contributed by atoms with Crippen molar-refractivity contribution < 1.29 is 13.7 Å². The van der Waals surface area contributed by atoms with Gasteiger partial charge in [-0.15, -0.1) is 10.2 Å². The summed E-state index contributed by atoms with van der Waals surface area (Å²) in [4.78, 5) is 17.2. The molecule has 0 spiro atoms. The summed E-state index contributed by atoms with van der Waals surface area (Å²) in [7, 11) is 0. The number of aryl methyl sites for hydroxylation is 2. The Bertz CT molecular complexity index is 1050. The summed E-state index contributed by atoms with van der Waals surface area (Å²) in [5, 5.41) is 16.5. The Labute approximate surface area is 145 Å². The van der Waals surface area contributed by atoms with Gasteiger partial charge in [0.05, 0.1) is 22.9 Å². The molecule has 126 valence electrons. The number of aromatic nitrogens is 4. The van der Waals surface area contributed by atoms with Gasteiger partial charge in [-0.3, -0.25) is 10.1 Å². The number of hydrogen-bond acceptors (Lipinski definition) is 8. The number of fused-ring (bicyclic) bond motifs is 1. The SMILES string of the molecule is CCc1nnc(NC(=O)c2cc(-c3ccco3)nc3onc(C)c23)s1. The molecule has 4 aromatic heterocycles. The standard InChI is InChI=1S/C16H13N5O3S/c1-3-12-19-20-16(25-12)18-14(22)9-7-10(11-5-4-6-23-11)17-15-13(9)8(2)21-24-15/h4-7H,3H2,1-2H3,(H,18,20,22). The molecule has 4 aromatic rings. The van der Waals surface area contributed by atoms with Crippen LogP contribution in [0.5, 0.6) is 0 Å². The lowest BCUT2D eigenvalue weighted by Gasteiger charge is -2.05. The molecular formula is C16H13N5O3S. The number of anilines is 1. The zero-order valence-corrected chi connectivity index (χ0v) is 14.3. The number of furan rings is 1. The van der Waals surface area contributed by atoms with Crippen molar-refractivity contribution >= 4 is 33.5 Å². The van der Waals surface area contributed by atoms with Crippen LogP contribution in [0.2, 0.25) is 0 Å². The molecule has 1 amide bonds. The van der Waals surface area contributed by atoms with Crippen LogP contribution in [0.1, 0.15) is 28.0 Å². The van der Waals surface area contributed by atoms with E-state index in [0.29, 0.717) is 33.2 Å². The van der Waals surface area contributed by atoms with Crippen LogP contribution < -0.4 is 5.32 Å². The molecule has 9 heteroatoms. The Kier molecular flexibility index (Phi) is 3.77. The Morgan fingerprint density at radius 1 is 1.36 bits per heavy atom. The first-order valence-electron chi connectivity index (χ1n) is 7.60. The third-order valence-corrected chi connectivity index (χ3v) is 4.61. The Morgan fingerprint density at radius 2 is 2.24 bits per heavy atom. The number of rotatable bonds is 4. The normalized spacial score (nSPS) is 11.1. The number of hydrogen-bond donors (Lipinski definition) is 1. The van der Waals surface area contributed by atoms with Crippen molar-refractivity contribution in [1.29, 1.82) is 0 Å². The highest BCUT2D eigenvalue weighted by molar-refractivity contribution is 7.15. The van der Waals surface area contributed by atoms with Gasteiger partial charge in [0.2, 0.25) is 5.13 Å². The van der Waals surface area contributed by atoms with Gasteiger partial charge in [-0.2, -0.15) is 0 Å². The third-order valence-electron chi connectivity index (χ3n) is 3.63. The average molecular weight is 355 g/mol. The monoisotopic (exact) mass is 355 g/mol. The third kappa shape index (κ3) is 2.78. The van der Waals surface area contributed by atoms with Crippen molar-refractivity contribution in [3.63, 3.8) is 0 Å². The zero-order valence-electron chi connectivity index (χ0n) is 13.4. The number of carbonyl (C=O) groups is 1. The van der Waals surface area contributed by atoms with Gasteiger partial charge in [-0.25, -0.2) is 4.98 Å². The van der Waals surface area contributed by atoms with Gasteiger partial charge in [0.1, 0.15) is 10.7 Å². The minimum Gasteiger partial charge on any atom is -0.463 e. The van der Waals surface area contributed by atoms with E-state index in [-0.39, 0.29) is 11.6 Å². The number of nitrogens with one attached hydrogen (secondary N) is 1. The first kappa shape index (κ1) is 15.5. The molecule has 1 N–H and O–H groups in total. The molecule has 25 heavy (non-hydrogen) atoms. The molecule has 0 unspecified atom stereocenters. The first-order chi connectivity index (χ1) is 12.2. The lowest BCUT2D eigenvalue weighted by Crippen LogP contribution is -2.13. The van der Waals surface area contributed by atoms with E-state index in [1.165, 1.54) is 11.3 Å². The average Bonchev–Trinajstić information content (AvgIpc) is 3.35. The summed E-state index contributed by atoms with van der Waals surface area (Å²) in [6.45, 7) is 3.74. The molecule has 0 fully saturated rings. The quantitative estimate of drug-likeness (QED) is 0.597. The summed E-state index contributed by atoms with van der Waals surface area (Å²) in [5.41, 5.74) is 1.75. The van der Waals surface area contributed by atoms with Crippen molar-refractivity contribution in [3.8, 4) is 11.5 Å². The highest BCUT2D eigenvalue weighted by atomic mass is 32.1. The van der Waals surface area contributed by atoms with Gasteiger partial charge in [0.15, 0.2) is 5.76 Å². The molecule has 4 heterocycles. The topological polar surface area (TPSA) is 107 Å².